The number of hydrogen-bond donors (Lipinski definition) is 2. The zero-order valence-corrected chi connectivity index (χ0v) is 16.3. The third kappa shape index (κ3) is 3.77. The molecule has 4 rings (SSSR count). The molecule has 2 N–H and O–H groups in total. The Hall–Kier alpha value is -2.19. The Morgan fingerprint density at radius 1 is 1.33 bits per heavy atom. The van der Waals surface area contributed by atoms with Crippen molar-refractivity contribution in [3.8, 4) is 0 Å². The molecule has 0 bridgehead atoms. The second-order valence-corrected chi connectivity index (χ2v) is 7.65. The first-order chi connectivity index (χ1) is 13.0. The highest BCUT2D eigenvalue weighted by molar-refractivity contribution is 5.48. The number of H-pyrrole nitrogens is 1. The quantitative estimate of drug-likeness (QED) is 0.787. The minimum atomic E-state index is -0.278. The molecule has 0 amide bonds. The van der Waals surface area contributed by atoms with Gasteiger partial charge in [-0.3, -0.25) is 5.10 Å². The van der Waals surface area contributed by atoms with Crippen molar-refractivity contribution in [2.75, 3.05) is 49.7 Å². The number of nitrogens with zero attached hydrogens (tertiary/aromatic N) is 5. The van der Waals surface area contributed by atoms with Gasteiger partial charge in [-0.1, -0.05) is 0 Å². The number of aliphatic hydroxyl groups excluding tert-OH is 1. The van der Waals surface area contributed by atoms with Gasteiger partial charge >= 0.3 is 0 Å². The van der Waals surface area contributed by atoms with Crippen LogP contribution in [0.3, 0.4) is 0 Å². The van der Waals surface area contributed by atoms with Crippen LogP contribution in [0.4, 0.5) is 11.8 Å². The number of aromatic amines is 1. The Balaban J connectivity index is 1.54. The van der Waals surface area contributed by atoms with E-state index in [0.717, 1.165) is 55.5 Å². The van der Waals surface area contributed by atoms with Gasteiger partial charge < -0.3 is 19.6 Å². The van der Waals surface area contributed by atoms with Crippen molar-refractivity contribution in [3.05, 3.63) is 28.7 Å². The molecule has 0 saturated carbocycles. The van der Waals surface area contributed by atoms with Crippen molar-refractivity contribution in [1.29, 1.82) is 0 Å². The van der Waals surface area contributed by atoms with Gasteiger partial charge in [0.2, 0.25) is 5.95 Å². The molecule has 0 unspecified atom stereocenters. The first kappa shape index (κ1) is 18.2. The Morgan fingerprint density at radius 3 is 2.78 bits per heavy atom. The predicted molar refractivity (Wildman–Crippen MR) is 103 cm³/mol. The van der Waals surface area contributed by atoms with E-state index in [9.17, 15) is 5.11 Å². The van der Waals surface area contributed by atoms with Crippen LogP contribution in [-0.2, 0) is 11.2 Å². The summed E-state index contributed by atoms with van der Waals surface area (Å²) in [5, 5.41) is 17.0. The summed E-state index contributed by atoms with van der Waals surface area (Å²) in [5.74, 6) is 1.95. The number of ether oxygens (including phenoxy) is 1. The molecular weight excluding hydrogens is 344 g/mol. The minimum Gasteiger partial charge on any atom is -0.389 e. The summed E-state index contributed by atoms with van der Waals surface area (Å²) >= 11 is 0. The van der Waals surface area contributed by atoms with Gasteiger partial charge in [0.1, 0.15) is 5.82 Å². The number of likely N-dealkylation sites (N-methyl/N-ethyl adjacent to an activating group) is 1. The Bertz CT molecular complexity index is 776. The maximum absolute atomic E-state index is 9.64. The number of aliphatic hydroxyl groups is 1. The van der Waals surface area contributed by atoms with Gasteiger partial charge in [0, 0.05) is 51.0 Å². The third-order valence-corrected chi connectivity index (χ3v) is 5.58. The largest absolute Gasteiger partial charge is 0.389 e. The van der Waals surface area contributed by atoms with E-state index in [1.54, 1.807) is 0 Å². The predicted octanol–water partition coefficient (Wildman–Crippen LogP) is 1.18. The van der Waals surface area contributed by atoms with Crippen LogP contribution in [0.5, 0.6) is 0 Å². The van der Waals surface area contributed by atoms with Crippen LogP contribution in [0.1, 0.15) is 35.0 Å². The van der Waals surface area contributed by atoms with Crippen molar-refractivity contribution in [1.82, 2.24) is 20.2 Å². The standard InChI is InChI=1S/C19H28N6O2/c1-12-16(13(2)23-22-12)4-6-24(3)18-8-17(14-5-7-27-11-14)20-19(21-18)25-9-15(26)10-25/h8,14-15,26H,4-7,9-11H2,1-3H3,(H,22,23)/t14-/m1/s1. The van der Waals surface area contributed by atoms with Crippen molar-refractivity contribution in [3.63, 3.8) is 0 Å². The first-order valence-corrected chi connectivity index (χ1v) is 9.62. The van der Waals surface area contributed by atoms with E-state index in [-0.39, 0.29) is 6.10 Å². The van der Waals surface area contributed by atoms with Crippen molar-refractivity contribution >= 4 is 11.8 Å². The first-order valence-electron chi connectivity index (χ1n) is 9.62. The number of aryl methyl sites for hydroxylation is 2. The number of anilines is 2. The zero-order chi connectivity index (χ0) is 19.0. The lowest BCUT2D eigenvalue weighted by molar-refractivity contribution is 0.140. The van der Waals surface area contributed by atoms with E-state index >= 15 is 0 Å². The average molecular weight is 372 g/mol. The molecule has 4 heterocycles. The molecule has 2 fully saturated rings. The average Bonchev–Trinajstić information content (AvgIpc) is 3.27. The summed E-state index contributed by atoms with van der Waals surface area (Å²) in [6.07, 6.45) is 1.63. The van der Waals surface area contributed by atoms with Gasteiger partial charge in [-0.2, -0.15) is 10.1 Å². The van der Waals surface area contributed by atoms with E-state index in [4.69, 9.17) is 14.7 Å². The Labute approximate surface area is 159 Å². The molecule has 0 aromatic carbocycles. The van der Waals surface area contributed by atoms with Crippen LogP contribution < -0.4 is 9.80 Å². The molecule has 146 valence electrons. The van der Waals surface area contributed by atoms with Crippen LogP contribution in [0.25, 0.3) is 0 Å². The molecule has 27 heavy (non-hydrogen) atoms. The fourth-order valence-electron chi connectivity index (χ4n) is 3.71. The maximum Gasteiger partial charge on any atom is 0.227 e. The lowest BCUT2D eigenvalue weighted by atomic mass is 10.0. The van der Waals surface area contributed by atoms with Gasteiger partial charge in [-0.25, -0.2) is 4.98 Å². The molecule has 8 heteroatoms. The molecule has 2 saturated heterocycles. The van der Waals surface area contributed by atoms with Crippen LogP contribution in [-0.4, -0.2) is 71.3 Å². The van der Waals surface area contributed by atoms with E-state index in [1.165, 1.54) is 5.56 Å². The smallest absolute Gasteiger partial charge is 0.227 e. The maximum atomic E-state index is 9.64. The molecule has 0 radical (unpaired) electrons. The molecule has 1 atom stereocenters. The van der Waals surface area contributed by atoms with Gasteiger partial charge in [-0.05, 0) is 32.3 Å². The summed E-state index contributed by atoms with van der Waals surface area (Å²) < 4.78 is 5.55. The highest BCUT2D eigenvalue weighted by Gasteiger charge is 2.29. The number of rotatable bonds is 6. The summed E-state index contributed by atoms with van der Waals surface area (Å²) in [6, 6.07) is 2.09. The van der Waals surface area contributed by atoms with E-state index in [1.807, 2.05) is 11.8 Å². The van der Waals surface area contributed by atoms with Gasteiger partial charge in [0.15, 0.2) is 0 Å². The summed E-state index contributed by atoms with van der Waals surface area (Å²) in [6.45, 7) is 7.65. The molecule has 2 aliphatic heterocycles. The summed E-state index contributed by atoms with van der Waals surface area (Å²) in [5.41, 5.74) is 4.49. The van der Waals surface area contributed by atoms with E-state index in [0.29, 0.717) is 25.0 Å². The number of aromatic nitrogens is 4. The topological polar surface area (TPSA) is 90.4 Å². The highest BCUT2D eigenvalue weighted by atomic mass is 16.5. The zero-order valence-electron chi connectivity index (χ0n) is 16.3. The normalized spacial score (nSPS) is 20.1. The molecular formula is C19H28N6O2. The van der Waals surface area contributed by atoms with E-state index in [2.05, 4.69) is 35.1 Å². The van der Waals surface area contributed by atoms with Crippen molar-refractivity contribution < 1.29 is 9.84 Å². The third-order valence-electron chi connectivity index (χ3n) is 5.58. The summed E-state index contributed by atoms with van der Waals surface area (Å²) in [7, 11) is 2.07. The Kier molecular flexibility index (Phi) is 5.01. The number of β-amino-alcohol motifs (C(OH)–C–C–N with tert-alkyl or cyclic N) is 1. The monoisotopic (exact) mass is 372 g/mol. The molecule has 0 spiro atoms. The Morgan fingerprint density at radius 2 is 2.15 bits per heavy atom. The van der Waals surface area contributed by atoms with Crippen LogP contribution in [0, 0.1) is 13.8 Å². The van der Waals surface area contributed by atoms with Crippen molar-refractivity contribution in [2.45, 2.75) is 38.7 Å². The molecule has 8 nitrogen and oxygen atoms in total. The number of nitrogens with one attached hydrogen (secondary N) is 1. The molecule has 2 aliphatic rings. The van der Waals surface area contributed by atoms with Crippen LogP contribution in [0.2, 0.25) is 0 Å². The van der Waals surface area contributed by atoms with Gasteiger partial charge in [-0.15, -0.1) is 0 Å². The highest BCUT2D eigenvalue weighted by Crippen LogP contribution is 2.29. The lowest BCUT2D eigenvalue weighted by Gasteiger charge is -2.36. The second kappa shape index (κ2) is 7.44. The van der Waals surface area contributed by atoms with Crippen molar-refractivity contribution in [2.24, 2.45) is 0 Å². The molecule has 0 aliphatic carbocycles. The van der Waals surface area contributed by atoms with Crippen LogP contribution in [0.15, 0.2) is 6.07 Å². The van der Waals surface area contributed by atoms with Gasteiger partial charge in [0.05, 0.1) is 24.1 Å². The van der Waals surface area contributed by atoms with Gasteiger partial charge in [0.25, 0.3) is 0 Å². The SMILES string of the molecule is Cc1n[nH]c(C)c1CCN(C)c1cc([C@@H]2CCOC2)nc(N2CC(O)C2)n1. The fourth-order valence-corrected chi connectivity index (χ4v) is 3.71. The van der Waals surface area contributed by atoms with E-state index < -0.39 is 0 Å². The molecule has 2 aromatic heterocycles. The fraction of sp³-hybridized carbons (Fsp3) is 0.632. The number of hydrogen-bond acceptors (Lipinski definition) is 7. The minimum absolute atomic E-state index is 0.278. The second-order valence-electron chi connectivity index (χ2n) is 7.65. The summed E-state index contributed by atoms with van der Waals surface area (Å²) in [4.78, 5) is 13.8. The lowest BCUT2D eigenvalue weighted by Crippen LogP contribution is -2.51. The molecule has 2 aromatic rings. The van der Waals surface area contributed by atoms with Crippen LogP contribution >= 0.6 is 0 Å².